The summed E-state index contributed by atoms with van der Waals surface area (Å²) in [6.07, 6.45) is 4.55. The Hall–Kier alpha value is -2.37. The van der Waals surface area contributed by atoms with E-state index in [2.05, 4.69) is 10.1 Å². The number of carbonyl (C=O) groups is 3. The van der Waals surface area contributed by atoms with E-state index in [0.717, 1.165) is 44.8 Å². The molecule has 0 aromatic heterocycles. The topological polar surface area (TPSA) is 81.7 Å². The highest BCUT2D eigenvalue weighted by atomic mass is 16.6. The SMILES string of the molecule is COC(=O)C(=O)Nc1ccc(C2(C(=O)OC(C)(C)C)CCCCC2)cc1. The Morgan fingerprint density at radius 2 is 1.58 bits per heavy atom. The molecule has 1 saturated carbocycles. The van der Waals surface area contributed by atoms with Gasteiger partial charge >= 0.3 is 17.8 Å². The van der Waals surface area contributed by atoms with Crippen LogP contribution in [-0.4, -0.2) is 30.6 Å². The fourth-order valence-corrected chi connectivity index (χ4v) is 3.29. The van der Waals surface area contributed by atoms with Gasteiger partial charge in [-0.2, -0.15) is 0 Å². The Bertz CT molecular complexity index is 666. The van der Waals surface area contributed by atoms with Gasteiger partial charge in [0.2, 0.25) is 0 Å². The summed E-state index contributed by atoms with van der Waals surface area (Å²) >= 11 is 0. The van der Waals surface area contributed by atoms with E-state index >= 15 is 0 Å². The largest absolute Gasteiger partial charge is 0.462 e. The minimum atomic E-state index is -0.952. The van der Waals surface area contributed by atoms with E-state index < -0.39 is 22.9 Å². The second-order valence-electron chi connectivity index (χ2n) is 7.67. The molecule has 1 aliphatic carbocycles. The fourth-order valence-electron chi connectivity index (χ4n) is 3.29. The van der Waals surface area contributed by atoms with Crippen molar-refractivity contribution >= 4 is 23.5 Å². The third-order valence-electron chi connectivity index (χ3n) is 4.56. The summed E-state index contributed by atoms with van der Waals surface area (Å²) < 4.78 is 10.1. The smallest absolute Gasteiger partial charge is 0.396 e. The van der Waals surface area contributed by atoms with Crippen LogP contribution in [0.4, 0.5) is 5.69 Å². The normalized spacial score (nSPS) is 16.5. The van der Waals surface area contributed by atoms with E-state index in [1.807, 2.05) is 32.9 Å². The van der Waals surface area contributed by atoms with Crippen LogP contribution >= 0.6 is 0 Å². The zero-order valence-corrected chi connectivity index (χ0v) is 15.9. The van der Waals surface area contributed by atoms with Crippen LogP contribution in [0.5, 0.6) is 0 Å². The van der Waals surface area contributed by atoms with E-state index in [0.29, 0.717) is 5.69 Å². The summed E-state index contributed by atoms with van der Waals surface area (Å²) in [4.78, 5) is 35.8. The van der Waals surface area contributed by atoms with Crippen molar-refractivity contribution in [1.29, 1.82) is 0 Å². The molecule has 0 aliphatic heterocycles. The lowest BCUT2D eigenvalue weighted by Crippen LogP contribution is -2.42. The molecule has 1 aromatic rings. The van der Waals surface area contributed by atoms with Gasteiger partial charge < -0.3 is 14.8 Å². The van der Waals surface area contributed by atoms with Gasteiger partial charge in [-0.05, 0) is 51.3 Å². The third-order valence-corrected chi connectivity index (χ3v) is 4.56. The van der Waals surface area contributed by atoms with Crippen molar-refractivity contribution in [3.8, 4) is 0 Å². The zero-order valence-electron chi connectivity index (χ0n) is 15.9. The average molecular weight is 361 g/mol. The molecule has 26 heavy (non-hydrogen) atoms. The molecule has 0 unspecified atom stereocenters. The molecule has 2 rings (SSSR count). The number of methoxy groups -OCH3 is 1. The molecule has 0 saturated heterocycles. The first-order chi connectivity index (χ1) is 12.2. The van der Waals surface area contributed by atoms with Crippen LogP contribution in [0.1, 0.15) is 58.4 Å². The van der Waals surface area contributed by atoms with Gasteiger partial charge in [-0.15, -0.1) is 0 Å². The van der Waals surface area contributed by atoms with Crippen LogP contribution in [0.2, 0.25) is 0 Å². The van der Waals surface area contributed by atoms with Crippen LogP contribution < -0.4 is 5.32 Å². The Morgan fingerprint density at radius 1 is 1.00 bits per heavy atom. The first kappa shape index (κ1) is 19.9. The monoisotopic (exact) mass is 361 g/mol. The molecule has 1 amide bonds. The van der Waals surface area contributed by atoms with E-state index in [9.17, 15) is 14.4 Å². The van der Waals surface area contributed by atoms with Crippen molar-refractivity contribution in [2.75, 3.05) is 12.4 Å². The maximum atomic E-state index is 13.0. The van der Waals surface area contributed by atoms with Crippen LogP contribution in [0.3, 0.4) is 0 Å². The Labute approximate surface area is 154 Å². The molecule has 1 N–H and O–H groups in total. The number of esters is 2. The molecule has 0 bridgehead atoms. The minimum Gasteiger partial charge on any atom is -0.462 e. The van der Waals surface area contributed by atoms with Crippen molar-refractivity contribution in [2.24, 2.45) is 0 Å². The van der Waals surface area contributed by atoms with Crippen LogP contribution in [-0.2, 0) is 29.3 Å². The molecule has 142 valence electrons. The van der Waals surface area contributed by atoms with E-state index in [-0.39, 0.29) is 5.97 Å². The highest BCUT2D eigenvalue weighted by Crippen LogP contribution is 2.41. The maximum absolute atomic E-state index is 13.0. The zero-order chi connectivity index (χ0) is 19.4. The summed E-state index contributed by atoms with van der Waals surface area (Å²) in [5.41, 5.74) is 0.147. The minimum absolute atomic E-state index is 0.198. The van der Waals surface area contributed by atoms with Gasteiger partial charge in [-0.1, -0.05) is 31.4 Å². The molecule has 0 radical (unpaired) electrons. The average Bonchev–Trinajstić information content (AvgIpc) is 2.60. The predicted octanol–water partition coefficient (Wildman–Crippen LogP) is 3.34. The first-order valence-corrected chi connectivity index (χ1v) is 8.91. The number of ether oxygens (including phenoxy) is 2. The van der Waals surface area contributed by atoms with Crippen LogP contribution in [0.15, 0.2) is 24.3 Å². The standard InChI is InChI=1S/C20H27NO5/c1-19(2,3)26-18(24)20(12-6-5-7-13-20)14-8-10-15(11-9-14)21-16(22)17(23)25-4/h8-11H,5-7,12-13H2,1-4H3,(H,21,22). The van der Waals surface area contributed by atoms with Gasteiger partial charge in [-0.25, -0.2) is 4.79 Å². The van der Waals surface area contributed by atoms with Gasteiger partial charge in [0.25, 0.3) is 0 Å². The molecule has 0 heterocycles. The summed E-state index contributed by atoms with van der Waals surface area (Å²) in [5, 5.41) is 2.47. The van der Waals surface area contributed by atoms with E-state index in [1.165, 1.54) is 0 Å². The number of benzene rings is 1. The second kappa shape index (κ2) is 7.89. The molecule has 6 nitrogen and oxygen atoms in total. The highest BCUT2D eigenvalue weighted by molar-refractivity contribution is 6.37. The quantitative estimate of drug-likeness (QED) is 0.659. The number of anilines is 1. The molecule has 1 fully saturated rings. The fraction of sp³-hybridized carbons (Fsp3) is 0.550. The molecular weight excluding hydrogens is 334 g/mol. The summed E-state index contributed by atoms with van der Waals surface area (Å²) in [6.45, 7) is 5.60. The van der Waals surface area contributed by atoms with Crippen molar-refractivity contribution < 1.29 is 23.9 Å². The van der Waals surface area contributed by atoms with E-state index in [4.69, 9.17) is 4.74 Å². The lowest BCUT2D eigenvalue weighted by atomic mass is 9.69. The number of hydrogen-bond donors (Lipinski definition) is 1. The van der Waals surface area contributed by atoms with Crippen LogP contribution in [0.25, 0.3) is 0 Å². The number of carbonyl (C=O) groups excluding carboxylic acids is 3. The van der Waals surface area contributed by atoms with Gasteiger partial charge in [0.15, 0.2) is 0 Å². The molecule has 0 spiro atoms. The van der Waals surface area contributed by atoms with Gasteiger partial charge in [0, 0.05) is 5.69 Å². The molecule has 6 heteroatoms. The Kier molecular flexibility index (Phi) is 6.05. The van der Waals surface area contributed by atoms with Gasteiger partial charge in [0.1, 0.15) is 5.60 Å². The number of amides is 1. The lowest BCUT2D eigenvalue weighted by Gasteiger charge is -2.37. The molecule has 1 aromatic carbocycles. The second-order valence-corrected chi connectivity index (χ2v) is 7.67. The molecule has 1 aliphatic rings. The maximum Gasteiger partial charge on any atom is 0.396 e. The van der Waals surface area contributed by atoms with E-state index in [1.54, 1.807) is 12.1 Å². The summed E-state index contributed by atoms with van der Waals surface area (Å²) in [6, 6.07) is 7.03. The van der Waals surface area contributed by atoms with Gasteiger partial charge in [-0.3, -0.25) is 9.59 Å². The van der Waals surface area contributed by atoms with Crippen LogP contribution in [0, 0.1) is 0 Å². The first-order valence-electron chi connectivity index (χ1n) is 8.91. The number of hydrogen-bond acceptors (Lipinski definition) is 5. The molecule has 0 atom stereocenters. The van der Waals surface area contributed by atoms with Crippen molar-refractivity contribution in [3.05, 3.63) is 29.8 Å². The Morgan fingerprint density at radius 3 is 2.08 bits per heavy atom. The lowest BCUT2D eigenvalue weighted by molar-refractivity contribution is -0.163. The predicted molar refractivity (Wildman–Crippen MR) is 97.7 cm³/mol. The molecular formula is C20H27NO5. The van der Waals surface area contributed by atoms with Gasteiger partial charge in [0.05, 0.1) is 12.5 Å². The highest BCUT2D eigenvalue weighted by Gasteiger charge is 2.43. The third kappa shape index (κ3) is 4.62. The summed E-state index contributed by atoms with van der Waals surface area (Å²) in [5.74, 6) is -1.98. The summed E-state index contributed by atoms with van der Waals surface area (Å²) in [7, 11) is 1.15. The van der Waals surface area contributed by atoms with Crippen molar-refractivity contribution in [3.63, 3.8) is 0 Å². The van der Waals surface area contributed by atoms with Crippen molar-refractivity contribution in [1.82, 2.24) is 0 Å². The number of rotatable bonds is 3. The Balaban J connectivity index is 2.25. The van der Waals surface area contributed by atoms with Crippen molar-refractivity contribution in [2.45, 2.75) is 63.9 Å². The number of nitrogens with one attached hydrogen (secondary N) is 1.